The first-order valence-corrected chi connectivity index (χ1v) is 11.0. The molecule has 1 saturated heterocycles. The first-order chi connectivity index (χ1) is 15.6. The number of piperidine rings is 1. The number of amides is 1. The van der Waals surface area contributed by atoms with E-state index in [2.05, 4.69) is 10.4 Å². The molecule has 8 nitrogen and oxygen atoms in total. The third kappa shape index (κ3) is 4.75. The van der Waals surface area contributed by atoms with Gasteiger partial charge in [0.15, 0.2) is 0 Å². The monoisotopic (exact) mass is 436 g/mol. The van der Waals surface area contributed by atoms with Crippen LogP contribution in [0, 0.1) is 0 Å². The average Bonchev–Trinajstić information content (AvgIpc) is 3.16. The van der Waals surface area contributed by atoms with Gasteiger partial charge in [0.05, 0.1) is 36.9 Å². The Balaban J connectivity index is 1.62. The Hall–Kier alpha value is -3.39. The Bertz CT molecular complexity index is 1100. The summed E-state index contributed by atoms with van der Waals surface area (Å²) >= 11 is 0. The molecule has 1 amide bonds. The van der Waals surface area contributed by atoms with Crippen LogP contribution in [0.25, 0.3) is 11.0 Å². The summed E-state index contributed by atoms with van der Waals surface area (Å²) in [6.45, 7) is 4.63. The van der Waals surface area contributed by atoms with Crippen molar-refractivity contribution in [2.75, 3.05) is 26.8 Å². The van der Waals surface area contributed by atoms with Gasteiger partial charge in [0.2, 0.25) is 0 Å². The van der Waals surface area contributed by atoms with Crippen LogP contribution in [0.3, 0.4) is 0 Å². The third-order valence-corrected chi connectivity index (χ3v) is 5.58. The van der Waals surface area contributed by atoms with Crippen LogP contribution in [0.5, 0.6) is 6.01 Å². The van der Waals surface area contributed by atoms with Crippen molar-refractivity contribution in [2.24, 2.45) is 0 Å². The van der Waals surface area contributed by atoms with Gasteiger partial charge in [-0.2, -0.15) is 4.98 Å². The SMILES string of the molecule is CCOc1nc2ccc(C(=O)NN3CCCCC3)cc2n1Cc1ccc(C(=O)OC)cc1. The highest BCUT2D eigenvalue weighted by atomic mass is 16.5. The number of ether oxygens (including phenoxy) is 2. The van der Waals surface area contributed by atoms with E-state index >= 15 is 0 Å². The van der Waals surface area contributed by atoms with Gasteiger partial charge in [0.1, 0.15) is 0 Å². The Kier molecular flexibility index (Phi) is 6.70. The number of benzene rings is 2. The van der Waals surface area contributed by atoms with E-state index < -0.39 is 0 Å². The lowest BCUT2D eigenvalue weighted by atomic mass is 10.1. The molecule has 0 aliphatic carbocycles. The summed E-state index contributed by atoms with van der Waals surface area (Å²) < 4.78 is 12.5. The number of hydrazine groups is 1. The number of nitrogens with one attached hydrogen (secondary N) is 1. The molecule has 168 valence electrons. The number of hydrogen-bond donors (Lipinski definition) is 1. The zero-order chi connectivity index (χ0) is 22.5. The van der Waals surface area contributed by atoms with Crippen LogP contribution in [-0.4, -0.2) is 53.2 Å². The summed E-state index contributed by atoms with van der Waals surface area (Å²) in [7, 11) is 1.36. The highest BCUT2D eigenvalue weighted by Crippen LogP contribution is 2.25. The fraction of sp³-hybridized carbons (Fsp3) is 0.375. The molecule has 0 spiro atoms. The van der Waals surface area contributed by atoms with Gasteiger partial charge in [-0.25, -0.2) is 9.80 Å². The van der Waals surface area contributed by atoms with E-state index in [1.165, 1.54) is 13.5 Å². The van der Waals surface area contributed by atoms with Crippen molar-refractivity contribution in [3.8, 4) is 6.01 Å². The number of esters is 1. The zero-order valence-corrected chi connectivity index (χ0v) is 18.5. The second-order valence-electron chi connectivity index (χ2n) is 7.79. The molecule has 0 radical (unpaired) electrons. The summed E-state index contributed by atoms with van der Waals surface area (Å²) in [5.74, 6) is -0.495. The second-order valence-corrected chi connectivity index (χ2v) is 7.79. The summed E-state index contributed by atoms with van der Waals surface area (Å²) in [6, 6.07) is 13.2. The first kappa shape index (κ1) is 21.8. The zero-order valence-electron chi connectivity index (χ0n) is 18.5. The summed E-state index contributed by atoms with van der Waals surface area (Å²) in [4.78, 5) is 29.1. The topological polar surface area (TPSA) is 85.7 Å². The molecule has 0 atom stereocenters. The largest absolute Gasteiger partial charge is 0.465 e. The third-order valence-electron chi connectivity index (χ3n) is 5.58. The van der Waals surface area contributed by atoms with Gasteiger partial charge < -0.3 is 9.47 Å². The first-order valence-electron chi connectivity index (χ1n) is 11.0. The number of fused-ring (bicyclic) bond motifs is 1. The maximum Gasteiger partial charge on any atom is 0.337 e. The highest BCUT2D eigenvalue weighted by Gasteiger charge is 2.18. The molecular formula is C24H28N4O4. The van der Waals surface area contributed by atoms with Crippen molar-refractivity contribution in [2.45, 2.75) is 32.7 Å². The number of nitrogens with zero attached hydrogens (tertiary/aromatic N) is 3. The van der Waals surface area contributed by atoms with Crippen molar-refractivity contribution in [1.29, 1.82) is 0 Å². The van der Waals surface area contributed by atoms with Crippen LogP contribution in [-0.2, 0) is 11.3 Å². The van der Waals surface area contributed by atoms with E-state index in [1.54, 1.807) is 18.2 Å². The Morgan fingerprint density at radius 3 is 2.44 bits per heavy atom. The minimum Gasteiger partial charge on any atom is -0.465 e. The molecule has 1 aliphatic heterocycles. The minimum atomic E-state index is -0.371. The van der Waals surface area contributed by atoms with E-state index in [4.69, 9.17) is 9.47 Å². The van der Waals surface area contributed by atoms with Gasteiger partial charge in [-0.05, 0) is 55.7 Å². The molecule has 0 unspecified atom stereocenters. The number of imidazole rings is 1. The lowest BCUT2D eigenvalue weighted by Crippen LogP contribution is -2.45. The van der Waals surface area contributed by atoms with Crippen LogP contribution in [0.4, 0.5) is 0 Å². The normalized spacial score (nSPS) is 14.3. The standard InChI is InChI=1S/C24H28N4O4/c1-3-32-24-25-20-12-11-19(22(29)26-27-13-5-4-6-14-27)15-21(20)28(24)16-17-7-9-18(10-8-17)23(30)31-2/h7-12,15H,3-6,13-14,16H2,1-2H3,(H,26,29). The van der Waals surface area contributed by atoms with Crippen LogP contribution in [0.2, 0.25) is 0 Å². The van der Waals surface area contributed by atoms with E-state index in [-0.39, 0.29) is 11.9 Å². The van der Waals surface area contributed by atoms with Gasteiger partial charge in [-0.3, -0.25) is 14.8 Å². The lowest BCUT2D eigenvalue weighted by molar-refractivity contribution is 0.0600. The smallest absolute Gasteiger partial charge is 0.337 e. The predicted molar refractivity (Wildman–Crippen MR) is 121 cm³/mol. The van der Waals surface area contributed by atoms with Crippen molar-refractivity contribution in [1.82, 2.24) is 20.0 Å². The molecule has 4 rings (SSSR count). The number of hydrogen-bond acceptors (Lipinski definition) is 6. The fourth-order valence-corrected chi connectivity index (χ4v) is 3.89. The van der Waals surface area contributed by atoms with Crippen molar-refractivity contribution < 1.29 is 19.1 Å². The molecule has 1 fully saturated rings. The summed E-state index contributed by atoms with van der Waals surface area (Å²) in [6.07, 6.45) is 3.40. The number of aromatic nitrogens is 2. The predicted octanol–water partition coefficient (Wildman–Crippen LogP) is 3.40. The van der Waals surface area contributed by atoms with Crippen molar-refractivity contribution >= 4 is 22.9 Å². The molecule has 0 bridgehead atoms. The van der Waals surface area contributed by atoms with Crippen LogP contribution >= 0.6 is 0 Å². The average molecular weight is 437 g/mol. The van der Waals surface area contributed by atoms with E-state index in [1.807, 2.05) is 40.8 Å². The molecule has 1 N–H and O–H groups in total. The molecule has 1 aromatic heterocycles. The fourth-order valence-electron chi connectivity index (χ4n) is 3.89. The number of carbonyl (C=O) groups is 2. The Labute approximate surface area is 187 Å². The Morgan fingerprint density at radius 2 is 1.75 bits per heavy atom. The maximum absolute atomic E-state index is 12.8. The van der Waals surface area contributed by atoms with Gasteiger partial charge >= 0.3 is 5.97 Å². The summed E-state index contributed by atoms with van der Waals surface area (Å²) in [5.41, 5.74) is 6.63. The number of rotatable bonds is 7. The van der Waals surface area contributed by atoms with Crippen LogP contribution in [0.15, 0.2) is 42.5 Å². The molecule has 32 heavy (non-hydrogen) atoms. The molecule has 0 saturated carbocycles. The molecule has 2 aromatic carbocycles. The number of carbonyl (C=O) groups excluding carboxylic acids is 2. The minimum absolute atomic E-state index is 0.123. The van der Waals surface area contributed by atoms with E-state index in [9.17, 15) is 9.59 Å². The van der Waals surface area contributed by atoms with Crippen LogP contribution < -0.4 is 10.2 Å². The van der Waals surface area contributed by atoms with Crippen molar-refractivity contribution in [3.05, 3.63) is 59.2 Å². The quantitative estimate of drug-likeness (QED) is 0.572. The van der Waals surface area contributed by atoms with Crippen LogP contribution in [0.1, 0.15) is 52.5 Å². The van der Waals surface area contributed by atoms with E-state index in [0.29, 0.717) is 30.3 Å². The molecular weight excluding hydrogens is 408 g/mol. The maximum atomic E-state index is 12.8. The van der Waals surface area contributed by atoms with Gasteiger partial charge in [0.25, 0.3) is 11.9 Å². The lowest BCUT2D eigenvalue weighted by Gasteiger charge is -2.26. The highest BCUT2D eigenvalue weighted by molar-refractivity contribution is 5.97. The van der Waals surface area contributed by atoms with Gasteiger partial charge in [-0.15, -0.1) is 0 Å². The second kappa shape index (κ2) is 9.82. The van der Waals surface area contributed by atoms with E-state index in [0.717, 1.165) is 42.5 Å². The molecule has 3 aromatic rings. The van der Waals surface area contributed by atoms with Crippen molar-refractivity contribution in [3.63, 3.8) is 0 Å². The summed E-state index contributed by atoms with van der Waals surface area (Å²) in [5, 5.41) is 1.99. The number of methoxy groups -OCH3 is 1. The van der Waals surface area contributed by atoms with Gasteiger partial charge in [0, 0.05) is 18.7 Å². The molecule has 2 heterocycles. The van der Waals surface area contributed by atoms with Gasteiger partial charge in [-0.1, -0.05) is 18.6 Å². The molecule has 8 heteroatoms. The molecule has 1 aliphatic rings. The Morgan fingerprint density at radius 1 is 1.03 bits per heavy atom.